The highest BCUT2D eigenvalue weighted by atomic mass is 32.2. The number of carbonyl (C=O) groups is 1. The maximum Gasteiger partial charge on any atom is 0.258 e. The lowest BCUT2D eigenvalue weighted by Crippen LogP contribution is -2.44. The number of hydrogen-bond acceptors (Lipinski definition) is 5. The molecule has 0 aromatic carbocycles. The standard InChI is InChI=1S/C16H21N3O2S2/c1-2-13-5-3-4-6-18(13)15(21)11-22-10-12-9-14(20)19-7-8-23-16(19)17-12/h7-9,13H,2-6,10-11H2,1H3. The van der Waals surface area contributed by atoms with Crippen molar-refractivity contribution in [3.8, 4) is 0 Å². The van der Waals surface area contributed by atoms with Gasteiger partial charge in [0.2, 0.25) is 5.91 Å². The molecule has 124 valence electrons. The molecule has 1 fully saturated rings. The van der Waals surface area contributed by atoms with Crippen LogP contribution in [0, 0.1) is 0 Å². The Morgan fingerprint density at radius 1 is 1.48 bits per heavy atom. The molecular weight excluding hydrogens is 330 g/mol. The van der Waals surface area contributed by atoms with E-state index >= 15 is 0 Å². The van der Waals surface area contributed by atoms with Gasteiger partial charge in [-0.1, -0.05) is 6.92 Å². The van der Waals surface area contributed by atoms with E-state index in [4.69, 9.17) is 0 Å². The van der Waals surface area contributed by atoms with Crippen molar-refractivity contribution >= 4 is 34.0 Å². The Morgan fingerprint density at radius 2 is 2.35 bits per heavy atom. The topological polar surface area (TPSA) is 54.7 Å². The summed E-state index contributed by atoms with van der Waals surface area (Å²) in [4.78, 5) is 31.6. The van der Waals surface area contributed by atoms with Gasteiger partial charge in [0.1, 0.15) is 0 Å². The van der Waals surface area contributed by atoms with Gasteiger partial charge in [-0.3, -0.25) is 14.0 Å². The SMILES string of the molecule is CCC1CCCCN1C(=O)CSCc1cc(=O)n2ccsc2n1. The highest BCUT2D eigenvalue weighted by molar-refractivity contribution is 7.99. The number of aromatic nitrogens is 2. The highest BCUT2D eigenvalue weighted by Gasteiger charge is 2.24. The van der Waals surface area contributed by atoms with E-state index in [-0.39, 0.29) is 11.5 Å². The monoisotopic (exact) mass is 351 g/mol. The van der Waals surface area contributed by atoms with Gasteiger partial charge < -0.3 is 4.90 Å². The molecule has 1 aliphatic heterocycles. The van der Waals surface area contributed by atoms with Crippen molar-refractivity contribution in [2.45, 2.75) is 44.4 Å². The minimum absolute atomic E-state index is 0.0553. The van der Waals surface area contributed by atoms with Crippen LogP contribution in [0.2, 0.25) is 0 Å². The van der Waals surface area contributed by atoms with Crippen LogP contribution >= 0.6 is 23.1 Å². The first kappa shape index (κ1) is 16.5. The zero-order valence-corrected chi connectivity index (χ0v) is 14.9. The van der Waals surface area contributed by atoms with Gasteiger partial charge in [-0.15, -0.1) is 23.1 Å². The average Bonchev–Trinajstić information content (AvgIpc) is 3.04. The minimum atomic E-state index is -0.0553. The van der Waals surface area contributed by atoms with Crippen molar-refractivity contribution in [2.75, 3.05) is 12.3 Å². The summed E-state index contributed by atoms with van der Waals surface area (Å²) in [5.41, 5.74) is 0.696. The van der Waals surface area contributed by atoms with E-state index in [1.54, 1.807) is 28.4 Å². The molecule has 1 atom stereocenters. The third kappa shape index (κ3) is 3.77. The fourth-order valence-electron chi connectivity index (χ4n) is 3.04. The molecule has 0 N–H and O–H groups in total. The molecule has 0 saturated carbocycles. The third-order valence-electron chi connectivity index (χ3n) is 4.25. The fourth-order valence-corrected chi connectivity index (χ4v) is 4.58. The zero-order chi connectivity index (χ0) is 16.2. The van der Waals surface area contributed by atoms with E-state index in [2.05, 4.69) is 11.9 Å². The highest BCUT2D eigenvalue weighted by Crippen LogP contribution is 2.21. The molecule has 0 bridgehead atoms. The summed E-state index contributed by atoms with van der Waals surface area (Å²) in [5, 5.41) is 1.85. The molecule has 1 aliphatic rings. The lowest BCUT2D eigenvalue weighted by atomic mass is 10.0. The molecule has 7 heteroatoms. The number of piperidine rings is 1. The van der Waals surface area contributed by atoms with Crippen LogP contribution < -0.4 is 5.56 Å². The molecule has 23 heavy (non-hydrogen) atoms. The Labute approximate surface area is 143 Å². The number of thioether (sulfide) groups is 1. The Hall–Kier alpha value is -1.34. The predicted molar refractivity (Wildman–Crippen MR) is 95.1 cm³/mol. The average molecular weight is 351 g/mol. The Kier molecular flexibility index (Phi) is 5.38. The van der Waals surface area contributed by atoms with E-state index in [9.17, 15) is 9.59 Å². The molecule has 1 amide bonds. The number of fused-ring (bicyclic) bond motifs is 1. The Bertz CT molecular complexity index is 740. The molecule has 0 spiro atoms. The quantitative estimate of drug-likeness (QED) is 0.831. The number of carbonyl (C=O) groups excluding carboxylic acids is 1. The van der Waals surface area contributed by atoms with Crippen LogP contribution in [-0.4, -0.2) is 38.5 Å². The van der Waals surface area contributed by atoms with Gasteiger partial charge in [0.05, 0.1) is 11.4 Å². The largest absolute Gasteiger partial charge is 0.339 e. The van der Waals surface area contributed by atoms with Crippen molar-refractivity contribution in [3.63, 3.8) is 0 Å². The molecule has 3 rings (SSSR count). The van der Waals surface area contributed by atoms with Gasteiger partial charge in [0, 0.05) is 36.0 Å². The number of rotatable bonds is 5. The van der Waals surface area contributed by atoms with Crippen molar-refractivity contribution < 1.29 is 4.79 Å². The lowest BCUT2D eigenvalue weighted by Gasteiger charge is -2.35. The predicted octanol–water partition coefficient (Wildman–Crippen LogP) is 2.78. The smallest absolute Gasteiger partial charge is 0.258 e. The second kappa shape index (κ2) is 7.49. The normalized spacial score (nSPS) is 18.5. The zero-order valence-electron chi connectivity index (χ0n) is 13.2. The maximum atomic E-state index is 12.4. The first-order chi connectivity index (χ1) is 11.2. The van der Waals surface area contributed by atoms with E-state index < -0.39 is 0 Å². The Morgan fingerprint density at radius 3 is 3.17 bits per heavy atom. The molecule has 2 aromatic rings. The van der Waals surface area contributed by atoms with Gasteiger partial charge in [-0.2, -0.15) is 0 Å². The van der Waals surface area contributed by atoms with Gasteiger partial charge in [-0.25, -0.2) is 4.98 Å². The lowest BCUT2D eigenvalue weighted by molar-refractivity contribution is -0.132. The van der Waals surface area contributed by atoms with Crippen LogP contribution in [0.5, 0.6) is 0 Å². The molecular formula is C16H21N3O2S2. The van der Waals surface area contributed by atoms with Gasteiger partial charge in [-0.05, 0) is 25.7 Å². The van der Waals surface area contributed by atoms with Crippen LogP contribution in [0.15, 0.2) is 22.4 Å². The summed E-state index contributed by atoms with van der Waals surface area (Å²) in [7, 11) is 0. The fraction of sp³-hybridized carbons (Fsp3) is 0.562. The van der Waals surface area contributed by atoms with E-state index in [1.807, 2.05) is 10.3 Å². The van der Waals surface area contributed by atoms with Crippen molar-refractivity contribution in [3.05, 3.63) is 33.7 Å². The molecule has 1 unspecified atom stereocenters. The van der Waals surface area contributed by atoms with Gasteiger partial charge >= 0.3 is 0 Å². The molecule has 1 saturated heterocycles. The van der Waals surface area contributed by atoms with Crippen molar-refractivity contribution in [2.24, 2.45) is 0 Å². The molecule has 0 radical (unpaired) electrons. The number of thiazole rings is 1. The summed E-state index contributed by atoms with van der Waals surface area (Å²) < 4.78 is 1.55. The summed E-state index contributed by atoms with van der Waals surface area (Å²) in [6.07, 6.45) is 6.23. The van der Waals surface area contributed by atoms with E-state index in [1.165, 1.54) is 17.8 Å². The van der Waals surface area contributed by atoms with Crippen molar-refractivity contribution in [1.29, 1.82) is 0 Å². The summed E-state index contributed by atoms with van der Waals surface area (Å²) in [6, 6.07) is 1.97. The van der Waals surface area contributed by atoms with Crippen LogP contribution in [0.4, 0.5) is 0 Å². The van der Waals surface area contributed by atoms with Crippen LogP contribution in [0.25, 0.3) is 4.96 Å². The second-order valence-electron chi connectivity index (χ2n) is 5.78. The van der Waals surface area contributed by atoms with E-state index in [0.717, 1.165) is 31.5 Å². The first-order valence-electron chi connectivity index (χ1n) is 8.02. The molecule has 3 heterocycles. The van der Waals surface area contributed by atoms with E-state index in [0.29, 0.717) is 22.5 Å². The van der Waals surface area contributed by atoms with Crippen LogP contribution in [-0.2, 0) is 10.5 Å². The number of hydrogen-bond donors (Lipinski definition) is 0. The minimum Gasteiger partial charge on any atom is -0.339 e. The molecule has 2 aromatic heterocycles. The summed E-state index contributed by atoms with van der Waals surface area (Å²) in [6.45, 7) is 3.04. The van der Waals surface area contributed by atoms with Crippen molar-refractivity contribution in [1.82, 2.24) is 14.3 Å². The summed E-state index contributed by atoms with van der Waals surface area (Å²) in [5.74, 6) is 1.28. The summed E-state index contributed by atoms with van der Waals surface area (Å²) >= 11 is 2.99. The number of nitrogens with zero attached hydrogens (tertiary/aromatic N) is 3. The van der Waals surface area contributed by atoms with Crippen LogP contribution in [0.3, 0.4) is 0 Å². The third-order valence-corrected chi connectivity index (χ3v) is 5.96. The number of amides is 1. The second-order valence-corrected chi connectivity index (χ2v) is 7.64. The van der Waals surface area contributed by atoms with Crippen LogP contribution in [0.1, 0.15) is 38.3 Å². The molecule has 5 nitrogen and oxygen atoms in total. The maximum absolute atomic E-state index is 12.4. The molecule has 0 aliphatic carbocycles. The first-order valence-corrected chi connectivity index (χ1v) is 10.1. The number of likely N-dealkylation sites (tertiary alicyclic amines) is 1. The Balaban J connectivity index is 1.57. The van der Waals surface area contributed by atoms with Gasteiger partial charge in [0.25, 0.3) is 5.56 Å². The van der Waals surface area contributed by atoms with Gasteiger partial charge in [0.15, 0.2) is 4.96 Å².